The molecule has 0 aliphatic carbocycles. The lowest BCUT2D eigenvalue weighted by Gasteiger charge is -2.16. The lowest BCUT2D eigenvalue weighted by molar-refractivity contribution is -0.137. The summed E-state index contributed by atoms with van der Waals surface area (Å²) >= 11 is 0. The molecule has 0 saturated heterocycles. The van der Waals surface area contributed by atoms with Crippen LogP contribution in [0.3, 0.4) is 0 Å². The van der Waals surface area contributed by atoms with E-state index in [0.717, 1.165) is 32.4 Å². The molecule has 0 bridgehead atoms. The highest BCUT2D eigenvalue weighted by atomic mass is 16.4. The number of benzene rings is 1. The van der Waals surface area contributed by atoms with E-state index in [0.29, 0.717) is 0 Å². The molecule has 0 aromatic heterocycles. The average Bonchev–Trinajstić information content (AvgIpc) is 2.38. The molecule has 0 unspecified atom stereocenters. The van der Waals surface area contributed by atoms with Crippen LogP contribution in [0.1, 0.15) is 37.3 Å². The van der Waals surface area contributed by atoms with E-state index in [1.165, 1.54) is 17.5 Å². The van der Waals surface area contributed by atoms with Gasteiger partial charge in [-0.3, -0.25) is 4.79 Å². The molecule has 0 fully saturated rings. The summed E-state index contributed by atoms with van der Waals surface area (Å²) in [5, 5.41) is 8.59. The van der Waals surface area contributed by atoms with Gasteiger partial charge in [0.15, 0.2) is 0 Å². The van der Waals surface area contributed by atoms with Crippen molar-refractivity contribution in [2.24, 2.45) is 0 Å². The van der Waals surface area contributed by atoms with Gasteiger partial charge in [0.05, 0.1) is 0 Å². The predicted octanol–water partition coefficient (Wildman–Crippen LogP) is 2.98. The molecule has 19 heavy (non-hydrogen) atoms. The minimum atomic E-state index is -0.708. The van der Waals surface area contributed by atoms with Crippen LogP contribution in [0.5, 0.6) is 0 Å². The van der Waals surface area contributed by atoms with Crippen molar-refractivity contribution in [3.05, 3.63) is 35.4 Å². The molecule has 1 aromatic rings. The van der Waals surface area contributed by atoms with Crippen molar-refractivity contribution in [3.8, 4) is 0 Å². The number of carboxylic acid groups (broad SMARTS) is 1. The summed E-state index contributed by atoms with van der Waals surface area (Å²) in [5.74, 6) is -0.708. The summed E-state index contributed by atoms with van der Waals surface area (Å²) in [6.45, 7) is 4.02. The molecule has 3 heteroatoms. The lowest BCUT2D eigenvalue weighted by atomic mass is 10.1. The molecule has 0 aliphatic rings. The number of likely N-dealkylation sites (N-methyl/N-ethyl adjacent to an activating group) is 1. The number of carbonyl (C=O) groups is 1. The van der Waals surface area contributed by atoms with Gasteiger partial charge in [-0.15, -0.1) is 0 Å². The summed E-state index contributed by atoms with van der Waals surface area (Å²) in [5.41, 5.74) is 2.76. The molecule has 0 atom stereocenters. The maximum Gasteiger partial charge on any atom is 0.303 e. The smallest absolute Gasteiger partial charge is 0.303 e. The van der Waals surface area contributed by atoms with Gasteiger partial charge in [-0.2, -0.15) is 0 Å². The Morgan fingerprint density at radius 3 is 2.21 bits per heavy atom. The highest BCUT2D eigenvalue weighted by molar-refractivity contribution is 5.66. The molecule has 3 nitrogen and oxygen atoms in total. The molecule has 1 rings (SSSR count). The SMILES string of the molecule is CCCc1ccc(CCN(C)CCCC(=O)O)cc1. The molecule has 1 N–H and O–H groups in total. The van der Waals surface area contributed by atoms with E-state index >= 15 is 0 Å². The van der Waals surface area contributed by atoms with Gasteiger partial charge < -0.3 is 10.0 Å². The summed E-state index contributed by atoms with van der Waals surface area (Å²) < 4.78 is 0. The number of hydrogen-bond acceptors (Lipinski definition) is 2. The number of hydrogen-bond donors (Lipinski definition) is 1. The summed E-state index contributed by atoms with van der Waals surface area (Å²) in [6.07, 6.45) is 4.34. The second-order valence-corrected chi connectivity index (χ2v) is 5.12. The van der Waals surface area contributed by atoms with Crippen LogP contribution >= 0.6 is 0 Å². The molecule has 0 aliphatic heterocycles. The third-order valence-electron chi connectivity index (χ3n) is 3.27. The van der Waals surface area contributed by atoms with Crippen LogP contribution in [-0.4, -0.2) is 36.1 Å². The van der Waals surface area contributed by atoms with E-state index in [4.69, 9.17) is 5.11 Å². The normalized spacial score (nSPS) is 10.9. The van der Waals surface area contributed by atoms with Crippen LogP contribution in [0.2, 0.25) is 0 Å². The van der Waals surface area contributed by atoms with Gasteiger partial charge in [0.25, 0.3) is 0 Å². The van der Waals surface area contributed by atoms with Crippen LogP contribution in [0.4, 0.5) is 0 Å². The number of aryl methyl sites for hydroxylation is 1. The summed E-state index contributed by atoms with van der Waals surface area (Å²) in [4.78, 5) is 12.6. The first-order valence-corrected chi connectivity index (χ1v) is 7.10. The van der Waals surface area contributed by atoms with Crippen LogP contribution in [0.25, 0.3) is 0 Å². The zero-order valence-corrected chi connectivity index (χ0v) is 12.1. The molecule has 0 amide bonds. The molecular weight excluding hydrogens is 238 g/mol. The number of carboxylic acids is 1. The van der Waals surface area contributed by atoms with Crippen LogP contribution in [0, 0.1) is 0 Å². The van der Waals surface area contributed by atoms with Gasteiger partial charge in [-0.25, -0.2) is 0 Å². The number of aliphatic carboxylic acids is 1. The van der Waals surface area contributed by atoms with Crippen molar-refractivity contribution in [1.29, 1.82) is 0 Å². The van der Waals surface area contributed by atoms with Crippen LogP contribution < -0.4 is 0 Å². The van der Waals surface area contributed by atoms with Crippen molar-refractivity contribution in [1.82, 2.24) is 4.90 Å². The Hall–Kier alpha value is -1.35. The standard InChI is InChI=1S/C16H25NO2/c1-3-5-14-7-9-15(10-8-14)11-13-17(2)12-4-6-16(18)19/h7-10H,3-6,11-13H2,1-2H3,(H,18,19). The fraction of sp³-hybridized carbons (Fsp3) is 0.562. The second kappa shape index (κ2) is 8.70. The Morgan fingerprint density at radius 2 is 1.68 bits per heavy atom. The fourth-order valence-corrected chi connectivity index (χ4v) is 2.09. The first kappa shape index (κ1) is 15.7. The lowest BCUT2D eigenvalue weighted by Crippen LogP contribution is -2.23. The fourth-order valence-electron chi connectivity index (χ4n) is 2.09. The molecule has 1 aromatic carbocycles. The van der Waals surface area contributed by atoms with Crippen LogP contribution in [-0.2, 0) is 17.6 Å². The quantitative estimate of drug-likeness (QED) is 0.744. The highest BCUT2D eigenvalue weighted by Crippen LogP contribution is 2.08. The van der Waals surface area contributed by atoms with Crippen LogP contribution in [0.15, 0.2) is 24.3 Å². The molecule has 0 spiro atoms. The van der Waals surface area contributed by atoms with E-state index in [-0.39, 0.29) is 6.42 Å². The average molecular weight is 263 g/mol. The molecule has 106 valence electrons. The van der Waals surface area contributed by atoms with E-state index in [2.05, 4.69) is 36.1 Å². The maximum absolute atomic E-state index is 10.4. The second-order valence-electron chi connectivity index (χ2n) is 5.12. The van der Waals surface area contributed by atoms with E-state index < -0.39 is 5.97 Å². The van der Waals surface area contributed by atoms with Gasteiger partial charge in [-0.1, -0.05) is 37.6 Å². The van der Waals surface area contributed by atoms with E-state index in [1.807, 2.05) is 7.05 Å². The monoisotopic (exact) mass is 263 g/mol. The zero-order chi connectivity index (χ0) is 14.1. The minimum absolute atomic E-state index is 0.260. The Kier molecular flexibility index (Phi) is 7.19. The van der Waals surface area contributed by atoms with Gasteiger partial charge in [-0.05, 0) is 44.0 Å². The summed E-state index contributed by atoms with van der Waals surface area (Å²) in [7, 11) is 2.05. The molecule has 0 heterocycles. The molecule has 0 radical (unpaired) electrons. The Labute approximate surface area is 116 Å². The van der Waals surface area contributed by atoms with Gasteiger partial charge in [0.2, 0.25) is 0 Å². The molecule has 0 saturated carbocycles. The summed E-state index contributed by atoms with van der Waals surface area (Å²) in [6, 6.07) is 8.83. The van der Waals surface area contributed by atoms with Crippen molar-refractivity contribution in [3.63, 3.8) is 0 Å². The Bertz CT molecular complexity index is 373. The first-order chi connectivity index (χ1) is 9.11. The van der Waals surface area contributed by atoms with Crippen molar-refractivity contribution in [2.45, 2.75) is 39.0 Å². The van der Waals surface area contributed by atoms with E-state index in [1.54, 1.807) is 0 Å². The van der Waals surface area contributed by atoms with Crippen molar-refractivity contribution < 1.29 is 9.90 Å². The Balaban J connectivity index is 2.25. The van der Waals surface area contributed by atoms with Gasteiger partial charge >= 0.3 is 5.97 Å². The maximum atomic E-state index is 10.4. The minimum Gasteiger partial charge on any atom is -0.481 e. The third kappa shape index (κ3) is 6.97. The highest BCUT2D eigenvalue weighted by Gasteiger charge is 2.02. The van der Waals surface area contributed by atoms with Crippen molar-refractivity contribution >= 4 is 5.97 Å². The van der Waals surface area contributed by atoms with Crippen molar-refractivity contribution in [2.75, 3.05) is 20.1 Å². The van der Waals surface area contributed by atoms with E-state index in [9.17, 15) is 4.79 Å². The number of nitrogens with zero attached hydrogens (tertiary/aromatic N) is 1. The first-order valence-electron chi connectivity index (χ1n) is 7.10. The zero-order valence-electron chi connectivity index (χ0n) is 12.1. The topological polar surface area (TPSA) is 40.5 Å². The molecular formula is C16H25NO2. The predicted molar refractivity (Wildman–Crippen MR) is 78.5 cm³/mol. The number of rotatable bonds is 9. The largest absolute Gasteiger partial charge is 0.481 e. The third-order valence-corrected chi connectivity index (χ3v) is 3.27. The Morgan fingerprint density at radius 1 is 1.11 bits per heavy atom. The van der Waals surface area contributed by atoms with Gasteiger partial charge in [0, 0.05) is 13.0 Å². The van der Waals surface area contributed by atoms with Gasteiger partial charge in [0.1, 0.15) is 0 Å².